The summed E-state index contributed by atoms with van der Waals surface area (Å²) in [5.41, 5.74) is 0.367. The molecule has 2 heterocycles. The summed E-state index contributed by atoms with van der Waals surface area (Å²) < 4.78 is 17.4. The summed E-state index contributed by atoms with van der Waals surface area (Å²) in [6.07, 6.45) is 0.610. The Morgan fingerprint density at radius 3 is 2.47 bits per heavy atom. The van der Waals surface area contributed by atoms with Gasteiger partial charge in [-0.3, -0.25) is 9.59 Å². The molecule has 5 aliphatic rings. The summed E-state index contributed by atoms with van der Waals surface area (Å²) in [6.45, 7) is 7.75. The quantitative estimate of drug-likeness (QED) is 0.389. The van der Waals surface area contributed by atoms with Gasteiger partial charge < -0.3 is 34.2 Å². The van der Waals surface area contributed by atoms with Crippen molar-refractivity contribution in [1.29, 1.82) is 0 Å². The Bertz CT molecular complexity index is 1430. The number of anilines is 1. The highest BCUT2D eigenvalue weighted by molar-refractivity contribution is 6.13. The van der Waals surface area contributed by atoms with Crippen molar-refractivity contribution >= 4 is 23.4 Å². The largest absolute Gasteiger partial charge is 0.504 e. The third-order valence-corrected chi connectivity index (χ3v) is 10.4. The molecule has 230 valence electrons. The van der Waals surface area contributed by atoms with Crippen molar-refractivity contribution < 1.29 is 38.8 Å². The number of rotatable bonds is 5. The van der Waals surface area contributed by atoms with Crippen molar-refractivity contribution in [2.24, 2.45) is 16.7 Å². The maximum absolute atomic E-state index is 14.2. The minimum Gasteiger partial charge on any atom is -0.504 e. The Labute approximate surface area is 251 Å². The number of aliphatic hydroxyl groups excluding tert-OH is 2. The van der Waals surface area contributed by atoms with E-state index >= 15 is 0 Å². The first-order chi connectivity index (χ1) is 20.5. The number of benzene rings is 1. The second kappa shape index (κ2) is 10.8. The van der Waals surface area contributed by atoms with Gasteiger partial charge >= 0.3 is 11.9 Å². The summed E-state index contributed by atoms with van der Waals surface area (Å²) in [7, 11) is 1.50. The van der Waals surface area contributed by atoms with E-state index in [4.69, 9.17) is 14.2 Å². The van der Waals surface area contributed by atoms with Crippen LogP contribution >= 0.6 is 0 Å². The van der Waals surface area contributed by atoms with Crippen LogP contribution in [0.4, 0.5) is 5.69 Å². The highest BCUT2D eigenvalue weighted by Gasteiger charge is 2.64. The van der Waals surface area contributed by atoms with E-state index in [9.17, 15) is 24.6 Å². The third-order valence-electron chi connectivity index (χ3n) is 10.4. The van der Waals surface area contributed by atoms with Gasteiger partial charge in [0.2, 0.25) is 5.78 Å². The van der Waals surface area contributed by atoms with Crippen molar-refractivity contribution in [2.45, 2.75) is 58.3 Å². The summed E-state index contributed by atoms with van der Waals surface area (Å²) in [5.74, 6) is -2.61. The SMILES string of the molecule is COC[C@H]1OC(=O)/C(=C/N2CCN(c3ccccc3)CC2)C2=C(O)C(=O)C3=C([C@H](OC(C)=O)C[C@@]4(C)C3CC[C@@H]4O)[C@]21C. The number of hydrogen-bond acceptors (Lipinski definition) is 10. The number of esters is 2. The van der Waals surface area contributed by atoms with Gasteiger partial charge in [-0.1, -0.05) is 25.1 Å². The molecule has 2 saturated heterocycles. The van der Waals surface area contributed by atoms with E-state index in [1.165, 1.54) is 14.0 Å². The molecule has 10 nitrogen and oxygen atoms in total. The van der Waals surface area contributed by atoms with Gasteiger partial charge in [0.05, 0.1) is 23.7 Å². The molecule has 0 radical (unpaired) electrons. The Kier molecular flexibility index (Phi) is 7.41. The molecular formula is C33H40N2O8. The van der Waals surface area contributed by atoms with Crippen LogP contribution in [0.3, 0.4) is 0 Å². The van der Waals surface area contributed by atoms with E-state index in [1.54, 1.807) is 6.20 Å². The molecule has 1 aromatic carbocycles. The molecule has 0 bridgehead atoms. The van der Waals surface area contributed by atoms with Crippen LogP contribution in [0.25, 0.3) is 0 Å². The lowest BCUT2D eigenvalue weighted by atomic mass is 9.53. The lowest BCUT2D eigenvalue weighted by molar-refractivity contribution is -0.161. The fraction of sp³-hybridized carbons (Fsp3) is 0.545. The van der Waals surface area contributed by atoms with E-state index in [0.717, 1.165) is 18.8 Å². The minimum atomic E-state index is -1.22. The molecule has 10 heteroatoms. The topological polar surface area (TPSA) is 126 Å². The number of piperazine rings is 1. The van der Waals surface area contributed by atoms with Crippen molar-refractivity contribution in [3.8, 4) is 0 Å². The van der Waals surface area contributed by atoms with Crippen LogP contribution in [-0.2, 0) is 28.6 Å². The number of ketones is 1. The number of carbonyl (C=O) groups excluding carboxylic acids is 3. The Morgan fingerprint density at radius 1 is 1.12 bits per heavy atom. The van der Waals surface area contributed by atoms with Gasteiger partial charge in [-0.2, -0.15) is 0 Å². The maximum Gasteiger partial charge on any atom is 0.340 e. The Morgan fingerprint density at radius 2 is 1.81 bits per heavy atom. The fourth-order valence-corrected chi connectivity index (χ4v) is 8.20. The summed E-state index contributed by atoms with van der Waals surface area (Å²) in [4.78, 5) is 44.5. The third kappa shape index (κ3) is 4.57. The molecule has 2 N–H and O–H groups in total. The molecule has 0 amide bonds. The van der Waals surface area contributed by atoms with Gasteiger partial charge in [0.25, 0.3) is 0 Å². The van der Waals surface area contributed by atoms with Crippen molar-refractivity contribution in [1.82, 2.24) is 4.90 Å². The molecule has 3 fully saturated rings. The molecule has 6 atom stereocenters. The second-order valence-electron chi connectivity index (χ2n) is 12.8. The number of hydrogen-bond donors (Lipinski definition) is 2. The number of para-hydroxylation sites is 1. The van der Waals surface area contributed by atoms with E-state index in [-0.39, 0.29) is 23.7 Å². The summed E-state index contributed by atoms with van der Waals surface area (Å²) in [6, 6.07) is 10.1. The first-order valence-electron chi connectivity index (χ1n) is 15.0. The predicted octanol–water partition coefficient (Wildman–Crippen LogP) is 3.07. The van der Waals surface area contributed by atoms with Gasteiger partial charge in [-0.15, -0.1) is 0 Å². The zero-order valence-corrected chi connectivity index (χ0v) is 25.2. The average Bonchev–Trinajstić information content (AvgIpc) is 3.27. The van der Waals surface area contributed by atoms with Crippen molar-refractivity contribution in [2.75, 3.05) is 44.8 Å². The Hall–Kier alpha value is -3.63. The normalized spacial score (nSPS) is 35.0. The van der Waals surface area contributed by atoms with Crippen LogP contribution < -0.4 is 4.90 Å². The summed E-state index contributed by atoms with van der Waals surface area (Å²) >= 11 is 0. The van der Waals surface area contributed by atoms with Crippen LogP contribution in [0.1, 0.15) is 40.0 Å². The molecule has 3 aliphatic carbocycles. The van der Waals surface area contributed by atoms with Gasteiger partial charge in [-0.05, 0) is 49.8 Å². The van der Waals surface area contributed by atoms with Gasteiger partial charge in [-0.25, -0.2) is 4.79 Å². The number of Topliss-reactive ketones (excluding diaryl/α,β-unsaturated/α-hetero) is 1. The standard InChI is InChI=1S/C33H40N2O8/c1-19(36)42-23-16-32(2)22(10-11-24(32)37)26-28(23)33(3)25(18-41-4)43-31(40)21(27(33)30(39)29(26)38)17-34-12-14-35(15-13-34)20-8-6-5-7-9-20/h5-9,17,22-25,37,39H,10-16,18H2,1-4H3/b21-17+/t22?,23-,24+,25-,32+,33+/m1/s1. The second-order valence-corrected chi connectivity index (χ2v) is 12.8. The molecule has 1 unspecified atom stereocenters. The molecule has 0 aromatic heterocycles. The molecule has 0 spiro atoms. The number of methoxy groups -OCH3 is 1. The lowest BCUT2D eigenvalue weighted by Gasteiger charge is -2.54. The van der Waals surface area contributed by atoms with Crippen LogP contribution in [-0.4, -0.2) is 91.0 Å². The highest BCUT2D eigenvalue weighted by Crippen LogP contribution is 2.63. The number of nitrogens with zero attached hydrogens (tertiary/aromatic N) is 2. The number of allylic oxidation sites excluding steroid dienone is 1. The minimum absolute atomic E-state index is 0.00434. The molecule has 1 aromatic rings. The Balaban J connectivity index is 1.44. The zero-order chi connectivity index (χ0) is 30.7. The number of ether oxygens (including phenoxy) is 3. The molecule has 43 heavy (non-hydrogen) atoms. The van der Waals surface area contributed by atoms with Crippen LogP contribution in [0.2, 0.25) is 0 Å². The van der Waals surface area contributed by atoms with Gasteiger partial charge in [0.1, 0.15) is 12.2 Å². The van der Waals surface area contributed by atoms with Crippen LogP contribution in [0, 0.1) is 16.7 Å². The highest BCUT2D eigenvalue weighted by atomic mass is 16.6. The molecule has 1 saturated carbocycles. The van der Waals surface area contributed by atoms with Crippen molar-refractivity contribution in [3.05, 3.63) is 64.6 Å². The average molecular weight is 593 g/mol. The van der Waals surface area contributed by atoms with E-state index in [1.807, 2.05) is 36.9 Å². The van der Waals surface area contributed by atoms with Gasteiger partial charge in [0.15, 0.2) is 5.76 Å². The van der Waals surface area contributed by atoms with E-state index in [0.29, 0.717) is 43.5 Å². The zero-order valence-electron chi connectivity index (χ0n) is 25.2. The van der Waals surface area contributed by atoms with Crippen LogP contribution in [0.15, 0.2) is 64.6 Å². The molecule has 6 rings (SSSR count). The lowest BCUT2D eigenvalue weighted by Crippen LogP contribution is -2.57. The number of cyclic esters (lactones) is 1. The van der Waals surface area contributed by atoms with Crippen molar-refractivity contribution in [3.63, 3.8) is 0 Å². The molecular weight excluding hydrogens is 552 g/mol. The first kappa shape index (κ1) is 29.4. The monoisotopic (exact) mass is 592 g/mol. The summed E-state index contributed by atoms with van der Waals surface area (Å²) in [5, 5.41) is 22.7. The smallest absolute Gasteiger partial charge is 0.340 e. The number of fused-ring (bicyclic) bond motifs is 4. The van der Waals surface area contributed by atoms with E-state index < -0.39 is 52.6 Å². The molecule has 2 aliphatic heterocycles. The fourth-order valence-electron chi connectivity index (χ4n) is 8.20. The maximum atomic E-state index is 14.2. The van der Waals surface area contributed by atoms with Crippen LogP contribution in [0.5, 0.6) is 0 Å². The van der Waals surface area contributed by atoms with E-state index in [2.05, 4.69) is 17.0 Å². The number of carbonyl (C=O) groups is 3. The first-order valence-corrected chi connectivity index (χ1v) is 15.0. The predicted molar refractivity (Wildman–Crippen MR) is 157 cm³/mol. The van der Waals surface area contributed by atoms with Gasteiger partial charge in [0, 0.05) is 68.7 Å². The number of aliphatic hydroxyl groups is 2.